The van der Waals surface area contributed by atoms with Gasteiger partial charge in [-0.05, 0) is 49.7 Å². The molecule has 2 aliphatic carbocycles. The van der Waals surface area contributed by atoms with Crippen molar-refractivity contribution >= 4 is 14.1 Å². The maximum atomic E-state index is 12.0. The van der Waals surface area contributed by atoms with E-state index < -0.39 is 13.9 Å². The first-order valence-corrected chi connectivity index (χ1v) is 11.6. The Kier molecular flexibility index (Phi) is 4.47. The fourth-order valence-corrected chi connectivity index (χ4v) is 5.57. The van der Waals surface area contributed by atoms with Crippen molar-refractivity contribution in [3.8, 4) is 0 Å². The van der Waals surface area contributed by atoms with Gasteiger partial charge < -0.3 is 9.53 Å². The van der Waals surface area contributed by atoms with Gasteiger partial charge in [-0.1, -0.05) is 27.7 Å². The number of hydrogen-bond donors (Lipinski definition) is 1. The Bertz CT molecular complexity index is 450. The number of Topliss-reactive ketones (excluding diaryl/α,β-unsaturated/α-hetero) is 1. The molecule has 3 nitrogen and oxygen atoms in total. The first-order valence-electron chi connectivity index (χ1n) is 8.71. The molecule has 0 aromatic heterocycles. The monoisotopic (exact) mass is 326 g/mol. The summed E-state index contributed by atoms with van der Waals surface area (Å²) >= 11 is 0. The molecule has 2 rings (SSSR count). The zero-order valence-electron chi connectivity index (χ0n) is 15.5. The Balaban J connectivity index is 2.29. The third kappa shape index (κ3) is 3.07. The van der Waals surface area contributed by atoms with Gasteiger partial charge in [0.15, 0.2) is 8.32 Å². The van der Waals surface area contributed by atoms with Crippen LogP contribution in [0.4, 0.5) is 0 Å². The van der Waals surface area contributed by atoms with Gasteiger partial charge in [0.05, 0.1) is 11.7 Å². The normalized spacial score (nSPS) is 40.5. The summed E-state index contributed by atoms with van der Waals surface area (Å²) in [5, 5.41) is 11.0. The van der Waals surface area contributed by atoms with Crippen LogP contribution in [-0.2, 0) is 9.22 Å². The standard InChI is InChI=1S/C18H34O3Si/c1-16(2,3)22(6,7)21-15-9-11-18(5,20)14-12-13(19)8-10-17(14,15)4/h14-15,20H,8-12H2,1-7H3/t14-,15-,17-,18-/m0/s1. The Morgan fingerprint density at radius 3 is 2.36 bits per heavy atom. The highest BCUT2D eigenvalue weighted by molar-refractivity contribution is 6.74. The summed E-state index contributed by atoms with van der Waals surface area (Å²) in [4.78, 5) is 12.0. The summed E-state index contributed by atoms with van der Waals surface area (Å²) in [6, 6.07) is 0. The minimum absolute atomic E-state index is 0.0322. The first-order chi connectivity index (χ1) is 9.80. The van der Waals surface area contributed by atoms with E-state index in [1.807, 2.05) is 6.92 Å². The van der Waals surface area contributed by atoms with E-state index in [1.165, 1.54) is 0 Å². The fourth-order valence-electron chi connectivity index (χ4n) is 4.11. The molecule has 0 amide bonds. The van der Waals surface area contributed by atoms with Crippen LogP contribution in [0, 0.1) is 11.3 Å². The molecule has 0 aromatic carbocycles. The van der Waals surface area contributed by atoms with Crippen LogP contribution in [0.1, 0.15) is 66.7 Å². The lowest BCUT2D eigenvalue weighted by atomic mass is 9.54. The Labute approximate surface area is 137 Å². The van der Waals surface area contributed by atoms with E-state index in [9.17, 15) is 9.90 Å². The quantitative estimate of drug-likeness (QED) is 0.770. The van der Waals surface area contributed by atoms with Crippen molar-refractivity contribution in [2.45, 2.75) is 96.6 Å². The molecule has 22 heavy (non-hydrogen) atoms. The van der Waals surface area contributed by atoms with Crippen LogP contribution in [0.15, 0.2) is 0 Å². The van der Waals surface area contributed by atoms with E-state index in [-0.39, 0.29) is 22.5 Å². The summed E-state index contributed by atoms with van der Waals surface area (Å²) in [5.74, 6) is 0.334. The van der Waals surface area contributed by atoms with E-state index in [4.69, 9.17) is 4.43 Å². The van der Waals surface area contributed by atoms with Crippen LogP contribution in [-0.4, -0.2) is 30.9 Å². The molecule has 2 aliphatic rings. The topological polar surface area (TPSA) is 46.5 Å². The zero-order valence-corrected chi connectivity index (χ0v) is 16.5. The van der Waals surface area contributed by atoms with Crippen LogP contribution in [0.3, 0.4) is 0 Å². The third-order valence-corrected chi connectivity index (χ3v) is 11.3. The molecule has 0 saturated heterocycles. The van der Waals surface area contributed by atoms with Crippen molar-refractivity contribution in [2.24, 2.45) is 11.3 Å². The van der Waals surface area contributed by atoms with Crippen molar-refractivity contribution in [3.63, 3.8) is 0 Å². The largest absolute Gasteiger partial charge is 0.413 e. The molecule has 0 aliphatic heterocycles. The smallest absolute Gasteiger partial charge is 0.192 e. The Morgan fingerprint density at radius 1 is 1.23 bits per heavy atom. The van der Waals surface area contributed by atoms with Gasteiger partial charge in [0.25, 0.3) is 0 Å². The van der Waals surface area contributed by atoms with Gasteiger partial charge in [-0.3, -0.25) is 4.79 Å². The number of rotatable bonds is 2. The van der Waals surface area contributed by atoms with Crippen molar-refractivity contribution in [1.29, 1.82) is 0 Å². The maximum absolute atomic E-state index is 12.0. The summed E-state index contributed by atoms with van der Waals surface area (Å²) in [6.07, 6.45) is 3.82. The van der Waals surface area contributed by atoms with Gasteiger partial charge >= 0.3 is 0 Å². The van der Waals surface area contributed by atoms with Gasteiger partial charge in [0.2, 0.25) is 0 Å². The third-order valence-electron chi connectivity index (χ3n) is 6.81. The fraction of sp³-hybridized carbons (Fsp3) is 0.944. The molecular weight excluding hydrogens is 292 g/mol. The number of carbonyl (C=O) groups excluding carboxylic acids is 1. The Hall–Kier alpha value is -0.193. The van der Waals surface area contributed by atoms with Crippen LogP contribution >= 0.6 is 0 Å². The molecule has 0 radical (unpaired) electrons. The maximum Gasteiger partial charge on any atom is 0.192 e. The highest BCUT2D eigenvalue weighted by Crippen LogP contribution is 2.55. The van der Waals surface area contributed by atoms with Crippen molar-refractivity contribution in [1.82, 2.24) is 0 Å². The van der Waals surface area contributed by atoms with Gasteiger partial charge in [-0.25, -0.2) is 0 Å². The molecule has 0 bridgehead atoms. The predicted octanol–water partition coefficient (Wildman–Crippen LogP) is 4.30. The molecule has 0 unspecified atom stereocenters. The lowest BCUT2D eigenvalue weighted by Gasteiger charge is -2.57. The number of fused-ring (bicyclic) bond motifs is 1. The first kappa shape index (κ1) is 18.1. The number of hydrogen-bond acceptors (Lipinski definition) is 3. The van der Waals surface area contributed by atoms with Crippen LogP contribution in [0.5, 0.6) is 0 Å². The second-order valence-electron chi connectivity index (χ2n) is 9.56. The minimum Gasteiger partial charge on any atom is -0.413 e. The van der Waals surface area contributed by atoms with E-state index in [0.717, 1.165) is 19.3 Å². The van der Waals surface area contributed by atoms with Crippen molar-refractivity contribution in [3.05, 3.63) is 0 Å². The minimum atomic E-state index is -1.85. The van der Waals surface area contributed by atoms with Gasteiger partial charge in [-0.2, -0.15) is 0 Å². The molecule has 4 heteroatoms. The molecule has 0 aromatic rings. The van der Waals surface area contributed by atoms with Crippen molar-refractivity contribution < 1.29 is 14.3 Å². The molecule has 0 heterocycles. The van der Waals surface area contributed by atoms with E-state index in [0.29, 0.717) is 18.6 Å². The number of ketones is 1. The molecule has 1 N–H and O–H groups in total. The molecular formula is C18H34O3Si. The van der Waals surface area contributed by atoms with E-state index in [1.54, 1.807) is 0 Å². The zero-order chi connectivity index (χ0) is 17.0. The highest BCUT2D eigenvalue weighted by Gasteiger charge is 2.57. The predicted molar refractivity (Wildman–Crippen MR) is 92.4 cm³/mol. The second-order valence-corrected chi connectivity index (χ2v) is 14.3. The van der Waals surface area contributed by atoms with Gasteiger partial charge in [0.1, 0.15) is 5.78 Å². The van der Waals surface area contributed by atoms with E-state index in [2.05, 4.69) is 40.8 Å². The van der Waals surface area contributed by atoms with Crippen molar-refractivity contribution in [2.75, 3.05) is 0 Å². The molecule has 2 saturated carbocycles. The van der Waals surface area contributed by atoms with Crippen LogP contribution in [0.2, 0.25) is 18.1 Å². The lowest BCUT2D eigenvalue weighted by molar-refractivity contribution is -0.169. The van der Waals surface area contributed by atoms with Gasteiger partial charge in [-0.15, -0.1) is 0 Å². The average molecular weight is 327 g/mol. The summed E-state index contributed by atoms with van der Waals surface area (Å²) in [5.41, 5.74) is -0.816. The van der Waals surface area contributed by atoms with E-state index >= 15 is 0 Å². The summed E-state index contributed by atoms with van der Waals surface area (Å²) < 4.78 is 6.76. The molecule has 128 valence electrons. The molecule has 4 atom stereocenters. The van der Waals surface area contributed by atoms with Crippen LogP contribution in [0.25, 0.3) is 0 Å². The van der Waals surface area contributed by atoms with Gasteiger partial charge in [0, 0.05) is 18.8 Å². The number of carbonyl (C=O) groups is 1. The Morgan fingerprint density at radius 2 is 1.82 bits per heavy atom. The molecule has 0 spiro atoms. The highest BCUT2D eigenvalue weighted by atomic mass is 28.4. The number of aliphatic hydroxyl groups is 1. The van der Waals surface area contributed by atoms with Crippen LogP contribution < -0.4 is 0 Å². The second kappa shape index (κ2) is 5.42. The summed E-state index contributed by atoms with van der Waals surface area (Å²) in [7, 11) is -1.85. The molecule has 2 fully saturated rings. The SMILES string of the molecule is CC(C)(C)[Si](C)(C)O[C@H]1CC[C@](C)(O)[C@H]2CC(=O)CC[C@]12C. The lowest BCUT2D eigenvalue weighted by Crippen LogP contribution is -2.60. The average Bonchev–Trinajstić information content (AvgIpc) is 2.34. The summed E-state index contributed by atoms with van der Waals surface area (Å²) in [6.45, 7) is 15.6.